The zero-order chi connectivity index (χ0) is 23.9. The van der Waals surface area contributed by atoms with Crippen molar-refractivity contribution in [3.05, 3.63) is 71.5 Å². The van der Waals surface area contributed by atoms with Crippen LogP contribution in [0.25, 0.3) is 0 Å². The van der Waals surface area contributed by atoms with Gasteiger partial charge in [-0.15, -0.1) is 0 Å². The number of fused-ring (bicyclic) bond motifs is 2. The fourth-order valence-corrected chi connectivity index (χ4v) is 4.31. The third-order valence-electron chi connectivity index (χ3n) is 6.07. The van der Waals surface area contributed by atoms with Gasteiger partial charge >= 0.3 is 0 Å². The van der Waals surface area contributed by atoms with E-state index in [1.54, 1.807) is 13.2 Å². The highest BCUT2D eigenvalue weighted by Gasteiger charge is 2.27. The van der Waals surface area contributed by atoms with Crippen LogP contribution in [0.4, 0.5) is 5.69 Å². The largest absolute Gasteiger partial charge is 0.491 e. The van der Waals surface area contributed by atoms with E-state index in [0.29, 0.717) is 50.1 Å². The number of para-hydroxylation sites is 2. The smallest absolute Gasteiger partial charge is 0.254 e. The zero-order valence-corrected chi connectivity index (χ0v) is 20.1. The maximum absolute atomic E-state index is 13.6. The molecule has 0 bridgehead atoms. The molecule has 0 aliphatic carbocycles. The van der Waals surface area contributed by atoms with Crippen LogP contribution in [0.1, 0.15) is 43.6 Å². The highest BCUT2D eigenvalue weighted by atomic mass is 16.5. The average molecular weight is 464 g/mol. The van der Waals surface area contributed by atoms with Crippen molar-refractivity contribution in [2.75, 3.05) is 19.0 Å². The molecule has 0 saturated carbocycles. The number of rotatable bonds is 6. The number of nitrogens with zero attached hydrogens (tertiary/aromatic N) is 2. The predicted octanol–water partition coefficient (Wildman–Crippen LogP) is 5.06. The fourth-order valence-electron chi connectivity index (χ4n) is 4.31. The molecule has 0 unspecified atom stereocenters. The van der Waals surface area contributed by atoms with Crippen LogP contribution >= 0.6 is 0 Å². The molecule has 2 heterocycles. The number of aryl methyl sites for hydroxylation is 1. The van der Waals surface area contributed by atoms with Gasteiger partial charge in [-0.1, -0.05) is 50.2 Å². The first-order chi connectivity index (χ1) is 16.5. The van der Waals surface area contributed by atoms with Gasteiger partial charge < -0.3 is 24.2 Å². The molecule has 1 aliphatic rings. The molecule has 0 spiro atoms. The van der Waals surface area contributed by atoms with Crippen molar-refractivity contribution >= 4 is 11.6 Å². The maximum atomic E-state index is 13.6. The number of hydrogen-bond donors (Lipinski definition) is 1. The third kappa shape index (κ3) is 5.90. The average Bonchev–Trinajstić information content (AvgIpc) is 3.30. The summed E-state index contributed by atoms with van der Waals surface area (Å²) in [5, 5.41) is 7.38. The molecule has 34 heavy (non-hydrogen) atoms. The number of ether oxygens (including phenoxy) is 2. The number of benzene rings is 2. The van der Waals surface area contributed by atoms with E-state index in [0.717, 1.165) is 29.0 Å². The van der Waals surface area contributed by atoms with Crippen molar-refractivity contribution in [1.82, 2.24) is 10.1 Å². The lowest BCUT2D eigenvalue weighted by molar-refractivity contribution is -0.135. The standard InChI is InChI=1S/C27H33N3O4/c1-19(2)14-22-18-33-25-11-7-5-8-20(25)16-28-24-10-6-4-9-21(24)17-30(22)27(31)13-12-23-15-26(32-3)29-34-23/h4-11,15,19,22,28H,12-14,16-18H2,1-3H3/t22-/m0/s1. The second-order valence-corrected chi connectivity index (χ2v) is 9.07. The fraction of sp³-hybridized carbons (Fsp3) is 0.407. The Morgan fingerprint density at radius 2 is 1.94 bits per heavy atom. The summed E-state index contributed by atoms with van der Waals surface area (Å²) >= 11 is 0. The molecule has 1 aliphatic heterocycles. The minimum Gasteiger partial charge on any atom is -0.491 e. The number of anilines is 1. The monoisotopic (exact) mass is 463 g/mol. The van der Waals surface area contributed by atoms with Crippen molar-refractivity contribution < 1.29 is 18.8 Å². The molecule has 0 saturated heterocycles. The lowest BCUT2D eigenvalue weighted by Crippen LogP contribution is -2.44. The summed E-state index contributed by atoms with van der Waals surface area (Å²) in [6, 6.07) is 17.9. The molecule has 7 heteroatoms. The van der Waals surface area contributed by atoms with Gasteiger partial charge in [0.1, 0.15) is 18.1 Å². The Kier molecular flexibility index (Phi) is 7.72. The van der Waals surface area contributed by atoms with Gasteiger partial charge in [-0.05, 0) is 35.2 Å². The molecule has 2 aromatic carbocycles. The molecule has 1 N–H and O–H groups in total. The molecule has 0 radical (unpaired) electrons. The number of nitrogens with one attached hydrogen (secondary N) is 1. The quantitative estimate of drug-likeness (QED) is 0.550. The molecular formula is C27H33N3O4. The number of carbonyl (C=O) groups is 1. The van der Waals surface area contributed by atoms with Crippen LogP contribution in [-0.4, -0.2) is 35.7 Å². The molecule has 1 amide bonds. The van der Waals surface area contributed by atoms with Crippen molar-refractivity contribution in [3.8, 4) is 11.6 Å². The first-order valence-corrected chi connectivity index (χ1v) is 11.8. The van der Waals surface area contributed by atoms with E-state index in [1.165, 1.54) is 0 Å². The Labute approximate surface area is 201 Å². The number of methoxy groups -OCH3 is 1. The van der Waals surface area contributed by atoms with Crippen LogP contribution in [0.5, 0.6) is 11.6 Å². The minimum atomic E-state index is -0.0593. The summed E-state index contributed by atoms with van der Waals surface area (Å²) in [4.78, 5) is 15.6. The van der Waals surface area contributed by atoms with Gasteiger partial charge in [0.05, 0.1) is 13.2 Å². The lowest BCUT2D eigenvalue weighted by atomic mass is 10.0. The molecule has 4 rings (SSSR count). The number of carbonyl (C=O) groups excluding carboxylic acids is 1. The summed E-state index contributed by atoms with van der Waals surface area (Å²) in [6.45, 7) is 5.97. The van der Waals surface area contributed by atoms with Gasteiger partial charge in [-0.3, -0.25) is 4.79 Å². The Bertz CT molecular complexity index is 1090. The normalized spacial score (nSPS) is 16.0. The van der Waals surface area contributed by atoms with Crippen LogP contribution < -0.4 is 14.8 Å². The second kappa shape index (κ2) is 11.1. The molecule has 0 fully saturated rings. The summed E-state index contributed by atoms with van der Waals surface area (Å²) in [5.41, 5.74) is 3.21. The van der Waals surface area contributed by atoms with Gasteiger partial charge in [0.25, 0.3) is 5.88 Å². The molecule has 1 atom stereocenters. The van der Waals surface area contributed by atoms with Crippen LogP contribution in [-0.2, 0) is 24.3 Å². The molecule has 3 aromatic rings. The molecule has 7 nitrogen and oxygen atoms in total. The Morgan fingerprint density at radius 3 is 2.71 bits per heavy atom. The number of hydrogen-bond acceptors (Lipinski definition) is 6. The van der Waals surface area contributed by atoms with Gasteiger partial charge in [0, 0.05) is 43.2 Å². The van der Waals surface area contributed by atoms with Crippen molar-refractivity contribution in [2.24, 2.45) is 5.92 Å². The predicted molar refractivity (Wildman–Crippen MR) is 131 cm³/mol. The molecule has 1 aromatic heterocycles. The second-order valence-electron chi connectivity index (χ2n) is 9.07. The van der Waals surface area contributed by atoms with E-state index in [9.17, 15) is 4.79 Å². The van der Waals surface area contributed by atoms with Gasteiger partial charge in [-0.2, -0.15) is 0 Å². The van der Waals surface area contributed by atoms with Crippen LogP contribution in [0.3, 0.4) is 0 Å². The summed E-state index contributed by atoms with van der Waals surface area (Å²) in [5.74, 6) is 2.38. The summed E-state index contributed by atoms with van der Waals surface area (Å²) in [6.07, 6.45) is 1.63. The first kappa shape index (κ1) is 23.7. The van der Waals surface area contributed by atoms with Crippen LogP contribution in [0.2, 0.25) is 0 Å². The Morgan fingerprint density at radius 1 is 1.18 bits per heavy atom. The Hall–Kier alpha value is -3.48. The summed E-state index contributed by atoms with van der Waals surface area (Å²) < 4.78 is 16.7. The van der Waals surface area contributed by atoms with Crippen LogP contribution in [0, 0.1) is 5.92 Å². The zero-order valence-electron chi connectivity index (χ0n) is 20.1. The number of aromatic nitrogens is 1. The first-order valence-electron chi connectivity index (χ1n) is 11.8. The number of amides is 1. The van der Waals surface area contributed by atoms with Crippen LogP contribution in [0.15, 0.2) is 59.1 Å². The maximum Gasteiger partial charge on any atom is 0.254 e. The summed E-state index contributed by atoms with van der Waals surface area (Å²) in [7, 11) is 1.54. The van der Waals surface area contributed by atoms with E-state index in [1.807, 2.05) is 35.2 Å². The lowest BCUT2D eigenvalue weighted by Gasteiger charge is -2.33. The van der Waals surface area contributed by atoms with Crippen molar-refractivity contribution in [1.29, 1.82) is 0 Å². The SMILES string of the molecule is COc1cc(CCC(=O)N2Cc3ccccc3NCc3ccccc3OC[C@@H]2CC(C)C)on1. The van der Waals surface area contributed by atoms with Gasteiger partial charge in [-0.25, -0.2) is 0 Å². The van der Waals surface area contributed by atoms with E-state index in [4.69, 9.17) is 14.0 Å². The molecular weight excluding hydrogens is 430 g/mol. The van der Waals surface area contributed by atoms with E-state index >= 15 is 0 Å². The van der Waals surface area contributed by atoms with E-state index in [-0.39, 0.29) is 11.9 Å². The van der Waals surface area contributed by atoms with Gasteiger partial charge in [0.15, 0.2) is 0 Å². The van der Waals surface area contributed by atoms with Gasteiger partial charge in [0.2, 0.25) is 5.91 Å². The van der Waals surface area contributed by atoms with Crippen molar-refractivity contribution in [3.63, 3.8) is 0 Å². The third-order valence-corrected chi connectivity index (χ3v) is 6.07. The van der Waals surface area contributed by atoms with E-state index < -0.39 is 0 Å². The van der Waals surface area contributed by atoms with Crippen molar-refractivity contribution in [2.45, 2.75) is 52.2 Å². The minimum absolute atomic E-state index is 0.0593. The topological polar surface area (TPSA) is 76.8 Å². The van der Waals surface area contributed by atoms with E-state index in [2.05, 4.69) is 42.5 Å². The Balaban J connectivity index is 1.63. The highest BCUT2D eigenvalue weighted by molar-refractivity contribution is 5.77. The molecule has 180 valence electrons. The highest BCUT2D eigenvalue weighted by Crippen LogP contribution is 2.27.